The molecule has 0 aliphatic carbocycles. The van der Waals surface area contributed by atoms with Crippen LogP contribution in [0.4, 0.5) is 0 Å². The van der Waals surface area contributed by atoms with Gasteiger partial charge in [-0.2, -0.15) is 16.8 Å². The fourth-order valence-corrected chi connectivity index (χ4v) is 8.67. The van der Waals surface area contributed by atoms with Gasteiger partial charge in [0.15, 0.2) is 31.5 Å². The van der Waals surface area contributed by atoms with Crippen molar-refractivity contribution in [1.29, 1.82) is 0 Å². The summed E-state index contributed by atoms with van der Waals surface area (Å²) in [5, 5.41) is 133. The summed E-state index contributed by atoms with van der Waals surface area (Å²) in [5.74, 6) is -1.83. The van der Waals surface area contributed by atoms with Gasteiger partial charge in [-0.1, -0.05) is 0 Å². The van der Waals surface area contributed by atoms with Gasteiger partial charge in [-0.25, -0.2) is 8.37 Å². The standard InChI is InChI=1S/C34H58N2O31S2/c1-8-17(41)21(45)23(47)32(59-8)66-28-16(36-10(3)40)30(50)60-14(7-58-69(54,55)56)27(28)65-34-25(49)29(19(43)12(5-38)62-34)67-31-15(35-9(2)39)20(44)26(13(63-31)6-57-68(51,52)53)64-33-24(48)22(46)18(42)11(4-37)61-33/h8,11-34,37-38,41-50H,4-7H2,1-3H3,(H,35,39)(H,36,40)(H,51,52,53)(H,54,55,56)/t8-,11+,12+,13+,14+,15+,16+,17+,18-,19-,20+,21+,22-,23-,24+,25+,26+,27+,28+,29-,30+,31-,32-,33-,34-/m0/s1. The average molecular weight is 1050 g/mol. The minimum absolute atomic E-state index is 0.882. The third kappa shape index (κ3) is 14.1. The molecule has 0 radical (unpaired) electrons. The summed E-state index contributed by atoms with van der Waals surface area (Å²) in [7, 11) is -10.7. The predicted octanol–water partition coefficient (Wildman–Crippen LogP) is -11.0. The van der Waals surface area contributed by atoms with E-state index in [1.807, 2.05) is 0 Å². The van der Waals surface area contributed by atoms with Crippen LogP contribution in [0.25, 0.3) is 0 Å². The molecule has 2 amide bonds. The van der Waals surface area contributed by atoms with E-state index in [1.165, 1.54) is 6.92 Å². The van der Waals surface area contributed by atoms with E-state index in [4.69, 9.17) is 42.6 Å². The number of amides is 2. The quantitative estimate of drug-likeness (QED) is 0.0567. The number of carbonyl (C=O) groups is 2. The second-order valence-electron chi connectivity index (χ2n) is 16.5. The van der Waals surface area contributed by atoms with Gasteiger partial charge in [0, 0.05) is 13.8 Å². The van der Waals surface area contributed by atoms with Gasteiger partial charge in [0.25, 0.3) is 0 Å². The SMILES string of the molecule is CC(=O)N[C@@H]1[C@@H](O[C@@H]2O[C@@H](C)[C@@H](O)[C@@H](O)[C@@H]2O)[C@H](O[C@@H]2O[C@H](CO)[C@H](O)[C@H](O[C@@H]3O[C@H](COS(=O)(=O)O)[C@@H](O[C@@H]4O[C@H](CO)[C@H](O)[C@H](O)[C@H]4O)[C@H](O)[C@H]3NC(C)=O)[C@H]2O)[C@@H](COS(=O)(=O)O)O[C@H]1O. The number of hydrogen-bond acceptors (Lipinski definition) is 29. The largest absolute Gasteiger partial charge is 0.397 e. The van der Waals surface area contributed by atoms with Gasteiger partial charge < -0.3 is 115 Å². The van der Waals surface area contributed by atoms with Crippen molar-refractivity contribution in [3.8, 4) is 0 Å². The molecule has 0 aromatic rings. The minimum atomic E-state index is -5.34. The fourth-order valence-electron chi connectivity index (χ4n) is 8.05. The van der Waals surface area contributed by atoms with Crippen LogP contribution >= 0.6 is 0 Å². The Kier molecular flexibility index (Phi) is 19.9. The van der Waals surface area contributed by atoms with Crippen molar-refractivity contribution in [2.24, 2.45) is 0 Å². The Balaban J connectivity index is 1.51. The lowest BCUT2D eigenvalue weighted by molar-refractivity contribution is -0.385. The van der Waals surface area contributed by atoms with Crippen molar-refractivity contribution in [3.05, 3.63) is 0 Å². The van der Waals surface area contributed by atoms with Crippen LogP contribution in [0.1, 0.15) is 20.8 Å². The molecule has 5 aliphatic heterocycles. The first kappa shape index (κ1) is 57.7. The molecular formula is C34H58N2O31S2. The Morgan fingerprint density at radius 1 is 0.464 bits per heavy atom. The Labute approximate surface area is 391 Å². The zero-order valence-corrected chi connectivity index (χ0v) is 37.9. The molecule has 5 fully saturated rings. The van der Waals surface area contributed by atoms with E-state index in [0.29, 0.717) is 0 Å². The van der Waals surface area contributed by atoms with Crippen molar-refractivity contribution < 1.29 is 148 Å². The second-order valence-corrected chi connectivity index (χ2v) is 18.6. The number of rotatable bonds is 18. The highest BCUT2D eigenvalue weighted by atomic mass is 32.3. The summed E-state index contributed by atoms with van der Waals surface area (Å²) >= 11 is 0. The van der Waals surface area contributed by atoms with Gasteiger partial charge in [0.05, 0.1) is 32.5 Å². The van der Waals surface area contributed by atoms with Crippen LogP contribution in [0.2, 0.25) is 0 Å². The molecule has 5 aliphatic rings. The number of hydrogen-bond donors (Lipinski definition) is 16. The van der Waals surface area contributed by atoms with E-state index in [1.54, 1.807) is 0 Å². The third-order valence-electron chi connectivity index (χ3n) is 11.5. The highest BCUT2D eigenvalue weighted by Gasteiger charge is 2.57. The molecule has 69 heavy (non-hydrogen) atoms. The summed E-state index contributed by atoms with van der Waals surface area (Å²) in [6.45, 7) is -1.50. The summed E-state index contributed by atoms with van der Waals surface area (Å²) in [5.41, 5.74) is 0. The molecule has 0 unspecified atom stereocenters. The van der Waals surface area contributed by atoms with E-state index < -0.39 is 212 Å². The van der Waals surface area contributed by atoms with Crippen molar-refractivity contribution in [3.63, 3.8) is 0 Å². The van der Waals surface area contributed by atoms with Gasteiger partial charge in [-0.05, 0) is 6.92 Å². The summed E-state index contributed by atoms with van der Waals surface area (Å²) in [6.07, 6.45) is -46.3. The topological polar surface area (TPSA) is 511 Å². The van der Waals surface area contributed by atoms with Gasteiger partial charge in [0.1, 0.15) is 116 Å². The zero-order chi connectivity index (χ0) is 51.6. The van der Waals surface area contributed by atoms with Crippen molar-refractivity contribution in [1.82, 2.24) is 10.6 Å². The van der Waals surface area contributed by atoms with E-state index >= 15 is 0 Å². The Bertz CT molecular complexity index is 1920. The van der Waals surface area contributed by atoms with Crippen molar-refractivity contribution in [2.75, 3.05) is 26.4 Å². The van der Waals surface area contributed by atoms with Gasteiger partial charge in [0.2, 0.25) is 11.8 Å². The maximum atomic E-state index is 12.5. The molecule has 0 spiro atoms. The van der Waals surface area contributed by atoms with E-state index in [0.717, 1.165) is 13.8 Å². The third-order valence-corrected chi connectivity index (χ3v) is 12.4. The zero-order valence-electron chi connectivity index (χ0n) is 36.3. The molecule has 33 nitrogen and oxygen atoms in total. The Morgan fingerprint density at radius 2 is 0.884 bits per heavy atom. The van der Waals surface area contributed by atoms with Crippen LogP contribution in [0, 0.1) is 0 Å². The number of carbonyl (C=O) groups excluding carboxylic acids is 2. The van der Waals surface area contributed by atoms with Crippen molar-refractivity contribution >= 4 is 32.6 Å². The number of aliphatic hydroxyl groups excluding tert-OH is 12. The summed E-state index contributed by atoms with van der Waals surface area (Å²) in [6, 6.07) is -3.75. The van der Waals surface area contributed by atoms with Crippen LogP contribution in [-0.4, -0.2) is 279 Å². The number of ether oxygens (including phenoxy) is 9. The molecule has 0 aromatic heterocycles. The molecule has 25 atom stereocenters. The molecule has 5 saturated heterocycles. The fraction of sp³-hybridized carbons (Fsp3) is 0.941. The maximum absolute atomic E-state index is 12.5. The van der Waals surface area contributed by atoms with Gasteiger partial charge in [-0.3, -0.25) is 18.7 Å². The molecular weight excluding hydrogens is 996 g/mol. The highest BCUT2D eigenvalue weighted by molar-refractivity contribution is 7.81. The van der Waals surface area contributed by atoms with E-state index in [9.17, 15) is 96.8 Å². The Hall–Kier alpha value is -2.16. The smallest absolute Gasteiger partial charge is 0.394 e. The van der Waals surface area contributed by atoms with Crippen molar-refractivity contribution in [2.45, 2.75) is 174 Å². The van der Waals surface area contributed by atoms with E-state index in [2.05, 4.69) is 19.0 Å². The molecule has 35 heteroatoms. The lowest BCUT2D eigenvalue weighted by atomic mass is 9.94. The predicted molar refractivity (Wildman–Crippen MR) is 209 cm³/mol. The Morgan fingerprint density at radius 3 is 1.41 bits per heavy atom. The lowest BCUT2D eigenvalue weighted by Crippen LogP contribution is -2.70. The second kappa shape index (κ2) is 23.8. The maximum Gasteiger partial charge on any atom is 0.397 e. The van der Waals surface area contributed by atoms with Gasteiger partial charge >= 0.3 is 20.8 Å². The van der Waals surface area contributed by atoms with Crippen LogP contribution < -0.4 is 10.6 Å². The monoisotopic (exact) mass is 1050 g/mol. The van der Waals surface area contributed by atoms with Crippen LogP contribution in [-0.2, 0) is 81.4 Å². The average Bonchev–Trinajstić information content (AvgIpc) is 3.26. The van der Waals surface area contributed by atoms with Crippen LogP contribution in [0.15, 0.2) is 0 Å². The first-order chi connectivity index (χ1) is 32.1. The molecule has 0 saturated carbocycles. The number of nitrogens with one attached hydrogen (secondary N) is 2. The molecule has 5 heterocycles. The first-order valence-corrected chi connectivity index (χ1v) is 23.5. The minimum Gasteiger partial charge on any atom is -0.394 e. The molecule has 16 N–H and O–H groups in total. The highest BCUT2D eigenvalue weighted by Crippen LogP contribution is 2.36. The van der Waals surface area contributed by atoms with Gasteiger partial charge in [-0.15, -0.1) is 0 Å². The van der Waals surface area contributed by atoms with E-state index in [-0.39, 0.29) is 0 Å². The lowest BCUT2D eigenvalue weighted by Gasteiger charge is -2.51. The van der Waals surface area contributed by atoms with Crippen LogP contribution in [0.3, 0.4) is 0 Å². The normalized spacial score (nSPS) is 45.7. The molecule has 0 bridgehead atoms. The molecule has 0 aromatic carbocycles. The summed E-state index contributed by atoms with van der Waals surface area (Å²) < 4.78 is 126. The first-order valence-electron chi connectivity index (χ1n) is 20.8. The number of aliphatic hydroxyl groups is 12. The summed E-state index contributed by atoms with van der Waals surface area (Å²) in [4.78, 5) is 24.9. The molecule has 5 rings (SSSR count). The molecule has 402 valence electrons. The van der Waals surface area contributed by atoms with Crippen LogP contribution in [0.5, 0.6) is 0 Å².